The highest BCUT2D eigenvalue weighted by molar-refractivity contribution is 6.03. The first-order chi connectivity index (χ1) is 11.2. The third-order valence-corrected chi connectivity index (χ3v) is 4.31. The van der Waals surface area contributed by atoms with Gasteiger partial charge < -0.3 is 10.2 Å². The third kappa shape index (κ3) is 2.38. The molecule has 2 nitrogen and oxygen atoms in total. The second-order valence-corrected chi connectivity index (χ2v) is 5.78. The standard InChI is InChI=1S/C21H16O2/c22-17-9-6-14(7-10-17)19-12-16-8-11-18(23)13-20(16)21(19)15-4-2-1-3-5-15/h1-11,13,22-23H,12H2. The van der Waals surface area contributed by atoms with Gasteiger partial charge in [-0.15, -0.1) is 0 Å². The Morgan fingerprint density at radius 3 is 2.09 bits per heavy atom. The number of phenolic OH excluding ortho intramolecular Hbond substituents is 2. The molecule has 0 saturated heterocycles. The highest BCUT2D eigenvalue weighted by Crippen LogP contribution is 2.43. The Morgan fingerprint density at radius 1 is 0.652 bits per heavy atom. The van der Waals surface area contributed by atoms with Gasteiger partial charge in [0.2, 0.25) is 0 Å². The van der Waals surface area contributed by atoms with E-state index in [0.29, 0.717) is 0 Å². The van der Waals surface area contributed by atoms with E-state index >= 15 is 0 Å². The Bertz CT molecular complexity index is 891. The molecule has 0 bridgehead atoms. The fourth-order valence-corrected chi connectivity index (χ4v) is 3.24. The summed E-state index contributed by atoms with van der Waals surface area (Å²) in [6.45, 7) is 0. The van der Waals surface area contributed by atoms with Crippen LogP contribution in [-0.2, 0) is 6.42 Å². The lowest BCUT2D eigenvalue weighted by Gasteiger charge is -2.10. The summed E-state index contributed by atoms with van der Waals surface area (Å²) >= 11 is 0. The van der Waals surface area contributed by atoms with Gasteiger partial charge in [0, 0.05) is 0 Å². The molecule has 0 saturated carbocycles. The molecule has 112 valence electrons. The quantitative estimate of drug-likeness (QED) is 0.725. The van der Waals surface area contributed by atoms with E-state index in [1.54, 1.807) is 18.2 Å². The van der Waals surface area contributed by atoms with Gasteiger partial charge in [-0.2, -0.15) is 0 Å². The molecule has 3 aromatic carbocycles. The maximum Gasteiger partial charge on any atom is 0.116 e. The number of fused-ring (bicyclic) bond motifs is 1. The Hall–Kier alpha value is -3.00. The zero-order valence-electron chi connectivity index (χ0n) is 12.5. The Labute approximate surface area is 135 Å². The molecule has 1 aliphatic rings. The van der Waals surface area contributed by atoms with Crippen molar-refractivity contribution in [1.29, 1.82) is 0 Å². The van der Waals surface area contributed by atoms with E-state index in [4.69, 9.17) is 0 Å². The molecule has 23 heavy (non-hydrogen) atoms. The van der Waals surface area contributed by atoms with Crippen LogP contribution in [0.2, 0.25) is 0 Å². The molecule has 0 radical (unpaired) electrons. The maximum absolute atomic E-state index is 9.90. The van der Waals surface area contributed by atoms with Crippen molar-refractivity contribution in [2.45, 2.75) is 6.42 Å². The molecule has 0 aliphatic heterocycles. The highest BCUT2D eigenvalue weighted by atomic mass is 16.3. The van der Waals surface area contributed by atoms with Crippen LogP contribution in [0.15, 0.2) is 72.8 Å². The SMILES string of the molecule is Oc1ccc(C2=C(c3ccccc3)c3cc(O)ccc3C2)cc1. The normalized spacial score (nSPS) is 13.2. The topological polar surface area (TPSA) is 40.5 Å². The van der Waals surface area contributed by atoms with Gasteiger partial charge in [-0.3, -0.25) is 0 Å². The minimum atomic E-state index is 0.267. The van der Waals surface area contributed by atoms with Crippen molar-refractivity contribution in [1.82, 2.24) is 0 Å². The molecular weight excluding hydrogens is 284 g/mol. The number of phenols is 2. The number of rotatable bonds is 2. The largest absolute Gasteiger partial charge is 0.508 e. The van der Waals surface area contributed by atoms with Gasteiger partial charge in [0.25, 0.3) is 0 Å². The van der Waals surface area contributed by atoms with Crippen LogP contribution in [0.5, 0.6) is 11.5 Å². The smallest absolute Gasteiger partial charge is 0.116 e. The van der Waals surface area contributed by atoms with E-state index in [9.17, 15) is 10.2 Å². The monoisotopic (exact) mass is 300 g/mol. The number of aromatic hydroxyl groups is 2. The molecule has 1 aliphatic carbocycles. The summed E-state index contributed by atoms with van der Waals surface area (Å²) in [5.74, 6) is 0.549. The minimum absolute atomic E-state index is 0.267. The molecule has 0 atom stereocenters. The zero-order valence-corrected chi connectivity index (χ0v) is 12.5. The van der Waals surface area contributed by atoms with E-state index in [2.05, 4.69) is 12.1 Å². The van der Waals surface area contributed by atoms with Gasteiger partial charge >= 0.3 is 0 Å². The van der Waals surface area contributed by atoms with E-state index in [-0.39, 0.29) is 11.5 Å². The second-order valence-electron chi connectivity index (χ2n) is 5.78. The van der Waals surface area contributed by atoms with E-state index in [1.807, 2.05) is 42.5 Å². The fourth-order valence-electron chi connectivity index (χ4n) is 3.24. The summed E-state index contributed by atoms with van der Waals surface area (Å²) in [7, 11) is 0. The summed E-state index contributed by atoms with van der Waals surface area (Å²) in [5.41, 5.74) is 6.90. The van der Waals surface area contributed by atoms with Crippen molar-refractivity contribution in [3.8, 4) is 11.5 Å². The van der Waals surface area contributed by atoms with Crippen LogP contribution >= 0.6 is 0 Å². The first-order valence-corrected chi connectivity index (χ1v) is 7.62. The Kier molecular flexibility index (Phi) is 3.16. The Morgan fingerprint density at radius 2 is 1.35 bits per heavy atom. The van der Waals surface area contributed by atoms with E-state index < -0.39 is 0 Å². The van der Waals surface area contributed by atoms with Gasteiger partial charge in [-0.1, -0.05) is 48.5 Å². The molecule has 0 amide bonds. The van der Waals surface area contributed by atoms with Gasteiger partial charge in [0.15, 0.2) is 0 Å². The molecular formula is C21H16O2. The van der Waals surface area contributed by atoms with Gasteiger partial charge in [-0.05, 0) is 64.1 Å². The summed E-state index contributed by atoms with van der Waals surface area (Å²) in [6, 6.07) is 23.1. The van der Waals surface area contributed by atoms with E-state index in [0.717, 1.165) is 28.7 Å². The summed E-state index contributed by atoms with van der Waals surface area (Å²) < 4.78 is 0. The van der Waals surface area contributed by atoms with Gasteiger partial charge in [0.1, 0.15) is 11.5 Å². The number of benzene rings is 3. The molecule has 0 heterocycles. The van der Waals surface area contributed by atoms with Crippen LogP contribution in [0, 0.1) is 0 Å². The van der Waals surface area contributed by atoms with Crippen LogP contribution in [0.25, 0.3) is 11.1 Å². The highest BCUT2D eigenvalue weighted by Gasteiger charge is 2.24. The predicted octanol–water partition coefficient (Wildman–Crippen LogP) is 4.61. The van der Waals surface area contributed by atoms with Gasteiger partial charge in [0.05, 0.1) is 0 Å². The molecule has 0 spiro atoms. The maximum atomic E-state index is 9.90. The predicted molar refractivity (Wildman–Crippen MR) is 92.3 cm³/mol. The van der Waals surface area contributed by atoms with E-state index in [1.165, 1.54) is 11.1 Å². The summed E-state index contributed by atoms with van der Waals surface area (Å²) in [6.07, 6.45) is 0.824. The molecule has 2 N–H and O–H groups in total. The number of hydrogen-bond donors (Lipinski definition) is 2. The number of hydrogen-bond acceptors (Lipinski definition) is 2. The van der Waals surface area contributed by atoms with Gasteiger partial charge in [-0.25, -0.2) is 0 Å². The third-order valence-electron chi connectivity index (χ3n) is 4.31. The zero-order chi connectivity index (χ0) is 15.8. The van der Waals surface area contributed by atoms with Crippen LogP contribution in [0.3, 0.4) is 0 Å². The van der Waals surface area contributed by atoms with Crippen LogP contribution in [0.4, 0.5) is 0 Å². The van der Waals surface area contributed by atoms with Crippen molar-refractivity contribution in [3.63, 3.8) is 0 Å². The van der Waals surface area contributed by atoms with Crippen molar-refractivity contribution >= 4 is 11.1 Å². The fraction of sp³-hybridized carbons (Fsp3) is 0.0476. The first kappa shape index (κ1) is 13.6. The summed E-state index contributed by atoms with van der Waals surface area (Å²) in [5, 5.41) is 19.4. The Balaban J connectivity index is 1.96. The van der Waals surface area contributed by atoms with Crippen LogP contribution in [-0.4, -0.2) is 10.2 Å². The number of allylic oxidation sites excluding steroid dienone is 1. The lowest BCUT2D eigenvalue weighted by atomic mass is 9.94. The average molecular weight is 300 g/mol. The molecule has 2 heteroatoms. The second kappa shape index (κ2) is 5.33. The van der Waals surface area contributed by atoms with Crippen molar-refractivity contribution in [3.05, 3.63) is 95.1 Å². The van der Waals surface area contributed by atoms with Crippen LogP contribution in [0.1, 0.15) is 22.3 Å². The molecule has 0 aromatic heterocycles. The minimum Gasteiger partial charge on any atom is -0.508 e. The molecule has 4 rings (SSSR count). The van der Waals surface area contributed by atoms with Crippen molar-refractivity contribution in [2.24, 2.45) is 0 Å². The van der Waals surface area contributed by atoms with Crippen molar-refractivity contribution in [2.75, 3.05) is 0 Å². The summed E-state index contributed by atoms with van der Waals surface area (Å²) in [4.78, 5) is 0. The molecule has 0 unspecified atom stereocenters. The first-order valence-electron chi connectivity index (χ1n) is 7.62. The lowest BCUT2D eigenvalue weighted by molar-refractivity contribution is 0.474. The lowest BCUT2D eigenvalue weighted by Crippen LogP contribution is -1.89. The molecule has 0 fully saturated rings. The average Bonchev–Trinajstić information content (AvgIpc) is 2.95. The van der Waals surface area contributed by atoms with Crippen LogP contribution < -0.4 is 0 Å². The van der Waals surface area contributed by atoms with Crippen molar-refractivity contribution < 1.29 is 10.2 Å². The molecule has 3 aromatic rings.